The van der Waals surface area contributed by atoms with E-state index < -0.39 is 17.7 Å². The van der Waals surface area contributed by atoms with Gasteiger partial charge < -0.3 is 10.1 Å². The molecule has 0 aliphatic carbocycles. The van der Waals surface area contributed by atoms with Crippen LogP contribution in [0.25, 0.3) is 0 Å². The van der Waals surface area contributed by atoms with Crippen LogP contribution < -0.4 is 5.32 Å². The van der Waals surface area contributed by atoms with Gasteiger partial charge in [0.25, 0.3) is 0 Å². The summed E-state index contributed by atoms with van der Waals surface area (Å²) in [5, 5.41) is 2.83. The number of carbonyl (C=O) groups is 1. The maximum Gasteiger partial charge on any atom is 0.408 e. The van der Waals surface area contributed by atoms with Crippen LogP contribution in [0.15, 0.2) is 73.1 Å². The number of nitrogens with one attached hydrogen (secondary N) is 1. The fraction of sp³-hybridized carbons (Fsp3) is 0.130. The molecular formula is C23H17FN2O2. The number of alkyl carbamates (subject to hydrolysis) is 1. The quantitative estimate of drug-likeness (QED) is 0.682. The molecule has 0 bridgehead atoms. The molecule has 2 heterocycles. The highest BCUT2D eigenvalue weighted by molar-refractivity contribution is 5.72. The molecule has 28 heavy (non-hydrogen) atoms. The van der Waals surface area contributed by atoms with Crippen molar-refractivity contribution in [2.75, 3.05) is 0 Å². The van der Waals surface area contributed by atoms with Crippen LogP contribution in [-0.4, -0.2) is 11.1 Å². The number of pyridine rings is 1. The Bertz CT molecular complexity index is 1070. The summed E-state index contributed by atoms with van der Waals surface area (Å²) in [5.74, 6) is 5.84. The minimum atomic E-state index is -0.988. The van der Waals surface area contributed by atoms with Gasteiger partial charge in [0, 0.05) is 23.5 Å². The number of cyclic esters (lactones) is 1. The maximum atomic E-state index is 13.3. The molecule has 4 nitrogen and oxygen atoms in total. The van der Waals surface area contributed by atoms with E-state index in [1.165, 1.54) is 12.1 Å². The van der Waals surface area contributed by atoms with Crippen molar-refractivity contribution in [3.63, 3.8) is 0 Å². The molecule has 2 aromatic carbocycles. The fourth-order valence-electron chi connectivity index (χ4n) is 3.29. The summed E-state index contributed by atoms with van der Waals surface area (Å²) >= 11 is 0. The largest absolute Gasteiger partial charge is 0.436 e. The van der Waals surface area contributed by atoms with E-state index in [2.05, 4.69) is 22.1 Å². The third kappa shape index (κ3) is 3.45. The minimum Gasteiger partial charge on any atom is -0.436 e. The number of rotatable bonds is 2. The minimum absolute atomic E-state index is 0.346. The Hall–Kier alpha value is -3.65. The van der Waals surface area contributed by atoms with Gasteiger partial charge in [-0.05, 0) is 48.4 Å². The zero-order valence-electron chi connectivity index (χ0n) is 15.1. The van der Waals surface area contributed by atoms with Crippen molar-refractivity contribution in [1.82, 2.24) is 10.3 Å². The highest BCUT2D eigenvalue weighted by Gasteiger charge is 2.47. The number of ether oxygens (including phenoxy) is 1. The molecule has 0 radical (unpaired) electrons. The Morgan fingerprint density at radius 2 is 1.75 bits per heavy atom. The van der Waals surface area contributed by atoms with Gasteiger partial charge in [0.05, 0.1) is 0 Å². The summed E-state index contributed by atoms with van der Waals surface area (Å²) in [6, 6.07) is 17.0. The van der Waals surface area contributed by atoms with Gasteiger partial charge in [0.15, 0.2) is 5.60 Å². The Labute approximate surface area is 162 Å². The second kappa shape index (κ2) is 7.16. The Morgan fingerprint density at radius 1 is 1.04 bits per heavy atom. The number of halogens is 1. The number of hydrogen-bond donors (Lipinski definition) is 1. The van der Waals surface area contributed by atoms with E-state index >= 15 is 0 Å². The molecule has 1 amide bonds. The third-order valence-corrected chi connectivity index (χ3v) is 4.75. The number of aromatic nitrogens is 1. The molecule has 1 aromatic heterocycles. The molecule has 0 saturated carbocycles. The second-order valence-corrected chi connectivity index (χ2v) is 6.70. The topological polar surface area (TPSA) is 51.2 Å². The zero-order valence-corrected chi connectivity index (χ0v) is 15.1. The molecule has 1 aliphatic heterocycles. The van der Waals surface area contributed by atoms with Crippen LogP contribution in [0.2, 0.25) is 0 Å². The van der Waals surface area contributed by atoms with E-state index in [9.17, 15) is 9.18 Å². The molecule has 1 aliphatic rings. The van der Waals surface area contributed by atoms with Crippen LogP contribution >= 0.6 is 0 Å². The SMILES string of the molecule is C[C@]1(c2ccc(F)cc2)OC(=O)N[C@@H]1c1cncc(C#Cc2ccccc2)c1. The van der Waals surface area contributed by atoms with Crippen LogP contribution in [0.1, 0.15) is 35.2 Å². The molecule has 2 atom stereocenters. The number of nitrogens with zero attached hydrogens (tertiary/aromatic N) is 1. The lowest BCUT2D eigenvalue weighted by atomic mass is 9.85. The van der Waals surface area contributed by atoms with Crippen molar-refractivity contribution >= 4 is 6.09 Å². The summed E-state index contributed by atoms with van der Waals surface area (Å²) in [4.78, 5) is 16.3. The molecule has 5 heteroatoms. The van der Waals surface area contributed by atoms with Crippen molar-refractivity contribution in [3.05, 3.63) is 101 Å². The van der Waals surface area contributed by atoms with E-state index in [4.69, 9.17) is 4.74 Å². The lowest BCUT2D eigenvalue weighted by Gasteiger charge is -2.29. The maximum absolute atomic E-state index is 13.3. The molecule has 138 valence electrons. The zero-order chi connectivity index (χ0) is 19.6. The molecule has 1 saturated heterocycles. The van der Waals surface area contributed by atoms with Gasteiger partial charge in [0.2, 0.25) is 0 Å². The van der Waals surface area contributed by atoms with Gasteiger partial charge in [-0.3, -0.25) is 4.98 Å². The van der Waals surface area contributed by atoms with Gasteiger partial charge in [-0.1, -0.05) is 42.2 Å². The Balaban J connectivity index is 1.68. The molecule has 3 aromatic rings. The summed E-state index contributed by atoms with van der Waals surface area (Å²) in [7, 11) is 0. The van der Waals surface area contributed by atoms with Crippen molar-refractivity contribution in [2.24, 2.45) is 0 Å². The number of carbonyl (C=O) groups excluding carboxylic acids is 1. The lowest BCUT2D eigenvalue weighted by molar-refractivity contribution is 0.0493. The predicted octanol–water partition coefficient (Wildman–Crippen LogP) is 4.32. The first-order valence-electron chi connectivity index (χ1n) is 8.82. The van der Waals surface area contributed by atoms with E-state index in [1.807, 2.05) is 36.4 Å². The summed E-state index contributed by atoms with van der Waals surface area (Å²) < 4.78 is 18.9. The van der Waals surface area contributed by atoms with Crippen LogP contribution in [0.5, 0.6) is 0 Å². The van der Waals surface area contributed by atoms with Crippen molar-refractivity contribution in [1.29, 1.82) is 0 Å². The highest BCUT2D eigenvalue weighted by Crippen LogP contribution is 2.42. The molecule has 1 N–H and O–H groups in total. The second-order valence-electron chi connectivity index (χ2n) is 6.70. The number of hydrogen-bond acceptors (Lipinski definition) is 3. The lowest BCUT2D eigenvalue weighted by Crippen LogP contribution is -2.31. The van der Waals surface area contributed by atoms with Gasteiger partial charge in [-0.25, -0.2) is 9.18 Å². The number of amides is 1. The summed E-state index contributed by atoms with van der Waals surface area (Å²) in [6.07, 6.45) is 2.82. The first-order chi connectivity index (χ1) is 13.5. The average molecular weight is 372 g/mol. The fourth-order valence-corrected chi connectivity index (χ4v) is 3.29. The Kier molecular flexibility index (Phi) is 4.54. The summed E-state index contributed by atoms with van der Waals surface area (Å²) in [5.41, 5.74) is 2.10. The van der Waals surface area contributed by atoms with Gasteiger partial charge in [-0.15, -0.1) is 0 Å². The van der Waals surface area contributed by atoms with Crippen molar-refractivity contribution < 1.29 is 13.9 Å². The van der Waals surface area contributed by atoms with E-state index in [1.54, 1.807) is 31.5 Å². The predicted molar refractivity (Wildman–Crippen MR) is 103 cm³/mol. The standard InChI is InChI=1S/C23H17FN2O2/c1-23(19-9-11-20(24)12-10-19)21(26-22(27)28-23)18-13-17(14-25-15-18)8-7-16-5-3-2-4-6-16/h2-6,9-15,21H,1H3,(H,26,27)/t21-,23-/m1/s1. The molecule has 0 unspecified atom stereocenters. The average Bonchev–Trinajstić information content (AvgIpc) is 3.03. The molecular weight excluding hydrogens is 355 g/mol. The van der Waals surface area contributed by atoms with Gasteiger partial charge in [0.1, 0.15) is 11.9 Å². The van der Waals surface area contributed by atoms with Gasteiger partial charge in [-0.2, -0.15) is 0 Å². The normalized spacial score (nSPS) is 20.6. The van der Waals surface area contributed by atoms with Crippen LogP contribution in [0.4, 0.5) is 9.18 Å². The number of benzene rings is 2. The van der Waals surface area contributed by atoms with Crippen molar-refractivity contribution in [3.8, 4) is 11.8 Å². The third-order valence-electron chi connectivity index (χ3n) is 4.75. The molecule has 1 fully saturated rings. The molecule has 0 spiro atoms. The molecule has 4 rings (SSSR count). The summed E-state index contributed by atoms with van der Waals surface area (Å²) in [6.45, 7) is 1.80. The van der Waals surface area contributed by atoms with Crippen molar-refractivity contribution in [2.45, 2.75) is 18.6 Å². The first kappa shape index (κ1) is 17.7. The monoisotopic (exact) mass is 372 g/mol. The first-order valence-corrected chi connectivity index (χ1v) is 8.82. The highest BCUT2D eigenvalue weighted by atomic mass is 19.1. The van der Waals surface area contributed by atoms with Gasteiger partial charge >= 0.3 is 6.09 Å². The smallest absolute Gasteiger partial charge is 0.408 e. The van der Waals surface area contributed by atoms with E-state index in [0.29, 0.717) is 5.56 Å². The van der Waals surface area contributed by atoms with E-state index in [-0.39, 0.29) is 5.82 Å². The van der Waals surface area contributed by atoms with Crippen LogP contribution in [0, 0.1) is 17.7 Å². The van der Waals surface area contributed by atoms with Crippen LogP contribution in [-0.2, 0) is 10.3 Å². The van der Waals surface area contributed by atoms with Crippen LogP contribution in [0.3, 0.4) is 0 Å². The Morgan fingerprint density at radius 3 is 2.50 bits per heavy atom. The van der Waals surface area contributed by atoms with E-state index in [0.717, 1.165) is 16.7 Å².